The fourth-order valence-corrected chi connectivity index (χ4v) is 2.87. The molecule has 0 saturated carbocycles. The Kier molecular flexibility index (Phi) is 2.22. The third kappa shape index (κ3) is 1.51. The summed E-state index contributed by atoms with van der Waals surface area (Å²) in [4.78, 5) is 2.08. The van der Waals surface area contributed by atoms with Gasteiger partial charge in [-0.3, -0.25) is 0 Å². The van der Waals surface area contributed by atoms with Crippen LogP contribution in [0.1, 0.15) is 5.56 Å². The van der Waals surface area contributed by atoms with Crippen molar-refractivity contribution in [3.05, 3.63) is 70.7 Å². The molecule has 0 fully saturated rings. The van der Waals surface area contributed by atoms with E-state index in [1.165, 1.54) is 0 Å². The van der Waals surface area contributed by atoms with Crippen molar-refractivity contribution in [2.24, 2.45) is 0 Å². The van der Waals surface area contributed by atoms with E-state index >= 15 is 0 Å². The first-order chi connectivity index (χ1) is 7.84. The van der Waals surface area contributed by atoms with Crippen LogP contribution in [0.25, 0.3) is 5.76 Å². The number of hydrogen-bond acceptors (Lipinski definition) is 2. The van der Waals surface area contributed by atoms with Crippen LogP contribution in [0.2, 0.25) is 0 Å². The van der Waals surface area contributed by atoms with Crippen LogP contribution in [-0.4, -0.2) is 0 Å². The molecule has 0 unspecified atom stereocenters. The number of allylic oxidation sites excluding steroid dienone is 6. The van der Waals surface area contributed by atoms with E-state index in [-0.39, 0.29) is 5.76 Å². The number of hydrogen-bond donors (Lipinski definition) is 0. The molecule has 16 heavy (non-hydrogen) atoms. The van der Waals surface area contributed by atoms with Gasteiger partial charge in [-0.25, -0.2) is 0 Å². The highest BCUT2D eigenvalue weighted by Gasteiger charge is 2.12. The Hall–Kier alpha value is -1.67. The molecule has 0 aromatic heterocycles. The molecule has 0 saturated heterocycles. The van der Waals surface area contributed by atoms with Gasteiger partial charge < -0.3 is 5.11 Å². The van der Waals surface area contributed by atoms with Crippen molar-refractivity contribution in [3.8, 4) is 0 Å². The molecule has 0 bridgehead atoms. The van der Waals surface area contributed by atoms with Gasteiger partial charge in [-0.05, 0) is 17.2 Å². The van der Waals surface area contributed by atoms with Gasteiger partial charge in [0.1, 0.15) is 0 Å². The van der Waals surface area contributed by atoms with Gasteiger partial charge in [0.05, 0.1) is 0 Å². The average molecular weight is 225 g/mol. The Morgan fingerprint density at radius 1 is 1.00 bits per heavy atom. The summed E-state index contributed by atoms with van der Waals surface area (Å²) in [5.74, 6) is 0.102. The molecule has 78 valence electrons. The normalized spacial score (nSPS) is 17.6. The Morgan fingerprint density at radius 3 is 2.56 bits per heavy atom. The second-order valence-corrected chi connectivity index (χ2v) is 4.73. The summed E-state index contributed by atoms with van der Waals surface area (Å²) in [7, 11) is 0. The molecule has 1 nitrogen and oxygen atoms in total. The van der Waals surface area contributed by atoms with Crippen LogP contribution >= 0.6 is 11.8 Å². The fourth-order valence-electron chi connectivity index (χ4n) is 1.78. The number of rotatable bonds is 0. The van der Waals surface area contributed by atoms with Crippen LogP contribution in [0.4, 0.5) is 0 Å². The Bertz CT molecular complexity index is 548. The van der Waals surface area contributed by atoms with Crippen LogP contribution in [0.3, 0.4) is 0 Å². The van der Waals surface area contributed by atoms with E-state index in [2.05, 4.69) is 0 Å². The van der Waals surface area contributed by atoms with Gasteiger partial charge in [-0.1, -0.05) is 66.1 Å². The molecule has 0 spiro atoms. The molecule has 1 aliphatic carbocycles. The third-order valence-corrected chi connectivity index (χ3v) is 3.73. The highest BCUT2D eigenvalue weighted by atomic mass is 32.2. The smallest absolute Gasteiger partial charge is 0.0189 e. The Morgan fingerprint density at radius 2 is 1.75 bits per heavy atom. The third-order valence-electron chi connectivity index (χ3n) is 2.58. The highest BCUT2D eigenvalue weighted by molar-refractivity contribution is 8.03. The maximum atomic E-state index is 11.9. The van der Waals surface area contributed by atoms with Crippen LogP contribution in [-0.2, 0) is 0 Å². The average Bonchev–Trinajstić information content (AvgIpc) is 2.82. The van der Waals surface area contributed by atoms with Gasteiger partial charge in [-0.15, -0.1) is 0 Å². The van der Waals surface area contributed by atoms with Crippen LogP contribution < -0.4 is 5.11 Å². The lowest BCUT2D eigenvalue weighted by molar-refractivity contribution is -0.244. The minimum absolute atomic E-state index is 0.102. The molecule has 1 aromatic carbocycles. The largest absolute Gasteiger partial charge is 0.872 e. The molecule has 2 heteroatoms. The van der Waals surface area contributed by atoms with Crippen molar-refractivity contribution in [3.63, 3.8) is 0 Å². The fraction of sp³-hybridized carbons (Fsp3) is 0. The molecule has 3 rings (SSSR count). The zero-order valence-electron chi connectivity index (χ0n) is 8.51. The van der Waals surface area contributed by atoms with Crippen molar-refractivity contribution < 1.29 is 5.11 Å². The number of fused-ring (bicyclic) bond motifs is 1. The summed E-state index contributed by atoms with van der Waals surface area (Å²) in [6, 6.07) is 7.74. The summed E-state index contributed by atoms with van der Waals surface area (Å²) >= 11 is 1.66. The summed E-state index contributed by atoms with van der Waals surface area (Å²) in [5.41, 5.74) is 1.93. The predicted molar refractivity (Wildman–Crippen MR) is 65.6 cm³/mol. The van der Waals surface area contributed by atoms with Crippen LogP contribution in [0.15, 0.2) is 70.0 Å². The van der Waals surface area contributed by atoms with Crippen LogP contribution in [0.5, 0.6) is 0 Å². The van der Waals surface area contributed by atoms with Gasteiger partial charge in [0.15, 0.2) is 0 Å². The maximum Gasteiger partial charge on any atom is 0.0189 e. The van der Waals surface area contributed by atoms with Crippen molar-refractivity contribution >= 4 is 17.5 Å². The molecule has 0 atom stereocenters. The van der Waals surface area contributed by atoms with Gasteiger partial charge >= 0.3 is 0 Å². The zero-order valence-corrected chi connectivity index (χ0v) is 9.33. The molecule has 1 aliphatic heterocycles. The quantitative estimate of drug-likeness (QED) is 0.677. The first-order valence-electron chi connectivity index (χ1n) is 5.09. The minimum Gasteiger partial charge on any atom is -0.872 e. The van der Waals surface area contributed by atoms with E-state index in [9.17, 15) is 5.11 Å². The molecule has 2 aliphatic rings. The number of benzene rings is 1. The van der Waals surface area contributed by atoms with Crippen LogP contribution in [0, 0.1) is 0 Å². The first kappa shape index (κ1) is 9.55. The van der Waals surface area contributed by atoms with Gasteiger partial charge in [0.25, 0.3) is 0 Å². The lowest BCUT2D eigenvalue weighted by atomic mass is 10.1. The predicted octanol–water partition coefficient (Wildman–Crippen LogP) is 2.87. The molecule has 0 N–H and O–H groups in total. The van der Waals surface area contributed by atoms with E-state index < -0.39 is 0 Å². The second kappa shape index (κ2) is 3.72. The second-order valence-electron chi connectivity index (χ2n) is 3.64. The van der Waals surface area contributed by atoms with E-state index in [0.29, 0.717) is 0 Å². The number of thioether (sulfide) groups is 1. The molecule has 1 aromatic rings. The first-order valence-corrected chi connectivity index (χ1v) is 5.91. The Labute approximate surface area is 98.5 Å². The maximum absolute atomic E-state index is 11.9. The zero-order chi connectivity index (χ0) is 11.0. The van der Waals surface area contributed by atoms with E-state index in [0.717, 1.165) is 20.9 Å². The molecule has 1 heterocycles. The summed E-state index contributed by atoms with van der Waals surface area (Å²) < 4.78 is 0. The summed E-state index contributed by atoms with van der Waals surface area (Å²) in [6.45, 7) is 0. The van der Waals surface area contributed by atoms with E-state index in [1.54, 1.807) is 17.8 Å². The van der Waals surface area contributed by atoms with Gasteiger partial charge in [-0.2, -0.15) is 0 Å². The minimum atomic E-state index is 0.102. The topological polar surface area (TPSA) is 23.1 Å². The molecule has 0 radical (unpaired) electrons. The molecule has 0 amide bonds. The SMILES string of the molecule is [O-]C1=CC(=C2C=CC=C2)Sc2ccccc21. The summed E-state index contributed by atoms with van der Waals surface area (Å²) in [6.07, 6.45) is 9.76. The monoisotopic (exact) mass is 225 g/mol. The Balaban J connectivity index is 2.13. The van der Waals surface area contributed by atoms with Gasteiger partial charge in [0, 0.05) is 9.80 Å². The van der Waals surface area contributed by atoms with Crippen molar-refractivity contribution in [2.75, 3.05) is 0 Å². The van der Waals surface area contributed by atoms with Gasteiger partial charge in [0.2, 0.25) is 0 Å². The molecular weight excluding hydrogens is 216 g/mol. The standard InChI is InChI=1S/C14H10OS/c15-12-9-14(10-5-1-2-6-10)16-13-8-4-3-7-11(12)13/h1-9,15H/p-1. The lowest BCUT2D eigenvalue weighted by Gasteiger charge is -2.23. The van der Waals surface area contributed by atoms with E-state index in [1.807, 2.05) is 48.6 Å². The van der Waals surface area contributed by atoms with Crippen molar-refractivity contribution in [2.45, 2.75) is 4.90 Å². The molecular formula is C14H9OS-. The lowest BCUT2D eigenvalue weighted by Crippen LogP contribution is -2.07. The van der Waals surface area contributed by atoms with Crippen molar-refractivity contribution in [1.29, 1.82) is 0 Å². The summed E-state index contributed by atoms with van der Waals surface area (Å²) in [5, 5.41) is 11.9. The highest BCUT2D eigenvalue weighted by Crippen LogP contribution is 2.40. The van der Waals surface area contributed by atoms with E-state index in [4.69, 9.17) is 0 Å². The van der Waals surface area contributed by atoms with Crippen molar-refractivity contribution in [1.82, 2.24) is 0 Å².